The number of nitrogens with zero attached hydrogens (tertiary/aromatic N) is 1. The Balaban J connectivity index is 1.87. The van der Waals surface area contributed by atoms with E-state index < -0.39 is 0 Å². The van der Waals surface area contributed by atoms with Crippen molar-refractivity contribution in [3.63, 3.8) is 0 Å². The summed E-state index contributed by atoms with van der Waals surface area (Å²) in [5.74, 6) is 0.499. The van der Waals surface area contributed by atoms with Crippen LogP contribution < -0.4 is 11.5 Å². The third-order valence-electron chi connectivity index (χ3n) is 2.45. The Kier molecular flexibility index (Phi) is 3.81. The molecule has 2 rings (SSSR count). The number of allylic oxidation sites excluding steroid dienone is 3. The number of benzene rings is 1. The lowest BCUT2D eigenvalue weighted by Crippen LogP contribution is -1.86. The Morgan fingerprint density at radius 1 is 1.17 bits per heavy atom. The van der Waals surface area contributed by atoms with Crippen LogP contribution in [0, 0.1) is 0 Å². The second-order valence-corrected chi connectivity index (χ2v) is 3.98. The molecule has 1 aromatic heterocycles. The molecule has 0 fully saturated rings. The first kappa shape index (κ1) is 12.0. The Bertz CT molecular complexity index is 567. The van der Waals surface area contributed by atoms with E-state index in [9.17, 15) is 0 Å². The Morgan fingerprint density at radius 2 is 2.06 bits per heavy atom. The summed E-state index contributed by atoms with van der Waals surface area (Å²) in [5.41, 5.74) is 14.1. The summed E-state index contributed by atoms with van der Waals surface area (Å²) in [6.07, 6.45) is 8.78. The van der Waals surface area contributed by atoms with Crippen molar-refractivity contribution >= 4 is 17.6 Å². The van der Waals surface area contributed by atoms with Crippen molar-refractivity contribution in [3.05, 3.63) is 59.8 Å². The number of rotatable bonds is 4. The van der Waals surface area contributed by atoms with Crippen LogP contribution in [0.5, 0.6) is 0 Å². The van der Waals surface area contributed by atoms with Crippen LogP contribution in [-0.2, 0) is 6.42 Å². The zero-order chi connectivity index (χ0) is 12.8. The van der Waals surface area contributed by atoms with Gasteiger partial charge in [-0.05, 0) is 30.2 Å². The summed E-state index contributed by atoms with van der Waals surface area (Å²) in [5, 5.41) is 6.65. The van der Waals surface area contributed by atoms with E-state index in [1.807, 2.05) is 36.4 Å². The lowest BCUT2D eigenvalue weighted by Gasteiger charge is -1.97. The fourth-order valence-electron chi connectivity index (χ4n) is 1.60. The molecule has 1 heterocycles. The molecule has 0 aliphatic rings. The Labute approximate surface area is 106 Å². The molecule has 0 aliphatic carbocycles. The van der Waals surface area contributed by atoms with Gasteiger partial charge in [-0.3, -0.25) is 5.10 Å². The van der Waals surface area contributed by atoms with Gasteiger partial charge in [0.15, 0.2) is 0 Å². The van der Waals surface area contributed by atoms with Crippen molar-refractivity contribution < 1.29 is 0 Å². The highest BCUT2D eigenvalue weighted by atomic mass is 15.1. The smallest absolute Gasteiger partial charge is 0.145 e. The molecule has 0 unspecified atom stereocenters. The molecule has 1 aromatic carbocycles. The molecule has 0 saturated carbocycles. The number of aromatic amines is 1. The molecular weight excluding hydrogens is 224 g/mol. The van der Waals surface area contributed by atoms with Gasteiger partial charge in [0.1, 0.15) is 5.82 Å². The normalized spacial score (nSPS) is 11.6. The van der Waals surface area contributed by atoms with E-state index in [0.29, 0.717) is 5.82 Å². The summed E-state index contributed by atoms with van der Waals surface area (Å²) >= 11 is 0. The number of nitrogens with two attached hydrogens (primary N) is 2. The van der Waals surface area contributed by atoms with Crippen LogP contribution in [0.1, 0.15) is 11.3 Å². The van der Waals surface area contributed by atoms with E-state index in [1.165, 1.54) is 5.56 Å². The molecule has 4 nitrogen and oxygen atoms in total. The van der Waals surface area contributed by atoms with Crippen LogP contribution in [0.2, 0.25) is 0 Å². The highest BCUT2D eigenvalue weighted by Crippen LogP contribution is 2.07. The van der Waals surface area contributed by atoms with Gasteiger partial charge in [-0.25, -0.2) is 0 Å². The van der Waals surface area contributed by atoms with Gasteiger partial charge in [0, 0.05) is 11.8 Å². The summed E-state index contributed by atoms with van der Waals surface area (Å²) in [6, 6.07) is 9.66. The van der Waals surface area contributed by atoms with Crippen molar-refractivity contribution in [3.8, 4) is 0 Å². The van der Waals surface area contributed by atoms with Crippen molar-refractivity contribution in [1.29, 1.82) is 0 Å². The third kappa shape index (κ3) is 3.52. The quantitative estimate of drug-likeness (QED) is 0.567. The molecule has 0 saturated heterocycles. The van der Waals surface area contributed by atoms with Gasteiger partial charge in [0.2, 0.25) is 0 Å². The largest absolute Gasteiger partial charge is 0.399 e. The van der Waals surface area contributed by atoms with Gasteiger partial charge < -0.3 is 11.5 Å². The number of anilines is 2. The number of hydrogen-bond donors (Lipinski definition) is 3. The fourth-order valence-corrected chi connectivity index (χ4v) is 1.60. The zero-order valence-corrected chi connectivity index (χ0v) is 10.0. The van der Waals surface area contributed by atoms with Gasteiger partial charge in [-0.1, -0.05) is 30.4 Å². The predicted molar refractivity (Wildman–Crippen MR) is 75.7 cm³/mol. The van der Waals surface area contributed by atoms with Crippen LogP contribution in [-0.4, -0.2) is 10.2 Å². The topological polar surface area (TPSA) is 80.7 Å². The molecule has 92 valence electrons. The Morgan fingerprint density at radius 3 is 2.78 bits per heavy atom. The van der Waals surface area contributed by atoms with Gasteiger partial charge in [0.05, 0.1) is 5.69 Å². The monoisotopic (exact) mass is 240 g/mol. The first-order valence-electron chi connectivity index (χ1n) is 5.72. The van der Waals surface area contributed by atoms with Gasteiger partial charge >= 0.3 is 0 Å². The van der Waals surface area contributed by atoms with Crippen LogP contribution in [0.4, 0.5) is 11.5 Å². The van der Waals surface area contributed by atoms with Crippen molar-refractivity contribution in [2.75, 3.05) is 11.5 Å². The maximum atomic E-state index is 5.71. The van der Waals surface area contributed by atoms with E-state index in [2.05, 4.69) is 22.3 Å². The third-order valence-corrected chi connectivity index (χ3v) is 2.45. The van der Waals surface area contributed by atoms with E-state index in [4.69, 9.17) is 11.5 Å². The van der Waals surface area contributed by atoms with Crippen molar-refractivity contribution in [1.82, 2.24) is 10.2 Å². The lowest BCUT2D eigenvalue weighted by atomic mass is 10.1. The minimum absolute atomic E-state index is 0.499. The van der Waals surface area contributed by atoms with Crippen molar-refractivity contribution in [2.45, 2.75) is 6.42 Å². The standard InChI is InChI=1S/C14H16N4/c15-12-7-4-6-11(9-12)5-2-1-3-8-13-10-14(16)18-17-13/h1-4,6-10H,5,15H2,(H3,16,17,18)/b2-1+,8-3+. The second-order valence-electron chi connectivity index (χ2n) is 3.98. The SMILES string of the molecule is Nc1cccc(C/C=C/C=C/c2cc(N)n[nH]2)c1. The van der Waals surface area contributed by atoms with E-state index in [1.54, 1.807) is 6.07 Å². The Hall–Kier alpha value is -2.49. The fraction of sp³-hybridized carbons (Fsp3) is 0.0714. The first-order valence-corrected chi connectivity index (χ1v) is 5.72. The molecule has 0 atom stereocenters. The minimum atomic E-state index is 0.499. The average Bonchev–Trinajstić information content (AvgIpc) is 2.75. The number of hydrogen-bond acceptors (Lipinski definition) is 3. The zero-order valence-electron chi connectivity index (χ0n) is 10.0. The average molecular weight is 240 g/mol. The van der Waals surface area contributed by atoms with E-state index in [0.717, 1.165) is 17.8 Å². The predicted octanol–water partition coefficient (Wildman–Crippen LogP) is 2.39. The lowest BCUT2D eigenvalue weighted by molar-refractivity contribution is 1.09. The molecule has 2 aromatic rings. The summed E-state index contributed by atoms with van der Waals surface area (Å²) in [6.45, 7) is 0. The van der Waals surface area contributed by atoms with Crippen molar-refractivity contribution in [2.24, 2.45) is 0 Å². The van der Waals surface area contributed by atoms with Crippen LogP contribution in [0.25, 0.3) is 6.08 Å². The van der Waals surface area contributed by atoms with E-state index in [-0.39, 0.29) is 0 Å². The maximum absolute atomic E-state index is 5.71. The van der Waals surface area contributed by atoms with Gasteiger partial charge in [-0.2, -0.15) is 5.10 Å². The molecule has 0 radical (unpaired) electrons. The summed E-state index contributed by atoms with van der Waals surface area (Å²) < 4.78 is 0. The first-order chi connectivity index (χ1) is 8.74. The molecule has 0 spiro atoms. The number of aromatic nitrogens is 2. The van der Waals surface area contributed by atoms with Crippen LogP contribution >= 0.6 is 0 Å². The molecule has 18 heavy (non-hydrogen) atoms. The number of nitrogen functional groups attached to an aromatic ring is 2. The van der Waals surface area contributed by atoms with Crippen LogP contribution in [0.3, 0.4) is 0 Å². The molecule has 0 bridgehead atoms. The molecule has 0 amide bonds. The second kappa shape index (κ2) is 5.72. The summed E-state index contributed by atoms with van der Waals surface area (Å²) in [7, 11) is 0. The molecule has 0 aliphatic heterocycles. The molecular formula is C14H16N4. The molecule has 5 N–H and O–H groups in total. The number of H-pyrrole nitrogens is 1. The van der Waals surface area contributed by atoms with Crippen LogP contribution in [0.15, 0.2) is 48.6 Å². The van der Waals surface area contributed by atoms with E-state index >= 15 is 0 Å². The highest BCUT2D eigenvalue weighted by molar-refractivity contribution is 5.50. The molecule has 4 heteroatoms. The number of nitrogens with one attached hydrogen (secondary N) is 1. The maximum Gasteiger partial charge on any atom is 0.145 e. The summed E-state index contributed by atoms with van der Waals surface area (Å²) in [4.78, 5) is 0. The highest BCUT2D eigenvalue weighted by Gasteiger charge is 1.91. The minimum Gasteiger partial charge on any atom is -0.399 e. The van der Waals surface area contributed by atoms with Gasteiger partial charge in [0.25, 0.3) is 0 Å². The van der Waals surface area contributed by atoms with Gasteiger partial charge in [-0.15, -0.1) is 0 Å².